The van der Waals surface area contributed by atoms with Crippen LogP contribution in [0.15, 0.2) is 5.10 Å². The maximum Gasteiger partial charge on any atom is 0.135 e. The summed E-state index contributed by atoms with van der Waals surface area (Å²) in [4.78, 5) is 0. The molecule has 0 amide bonds. The topological polar surface area (TPSA) is 48.2 Å². The molecule has 0 saturated heterocycles. The molecule has 0 aliphatic carbocycles. The van der Waals surface area contributed by atoms with Gasteiger partial charge in [-0.15, -0.1) is 0 Å². The van der Waals surface area contributed by atoms with Gasteiger partial charge in [-0.25, -0.2) is 0 Å². The Balaban J connectivity index is 2.39. The third-order valence-corrected chi connectivity index (χ3v) is 0.819. The quantitative estimate of drug-likeness (QED) is 0.455. The van der Waals surface area contributed by atoms with Crippen molar-refractivity contribution in [1.29, 1.82) is 5.26 Å². The van der Waals surface area contributed by atoms with Gasteiger partial charge in [0.15, 0.2) is 0 Å². The third-order valence-electron chi connectivity index (χ3n) is 0.819. The fourth-order valence-corrected chi connectivity index (χ4v) is 0.435. The van der Waals surface area contributed by atoms with Gasteiger partial charge in [0, 0.05) is 12.6 Å². The van der Waals surface area contributed by atoms with E-state index in [1.54, 1.807) is 6.21 Å². The molecule has 36 valence electrons. The van der Waals surface area contributed by atoms with E-state index in [0.29, 0.717) is 0 Å². The first kappa shape index (κ1) is 4.13. The molecule has 1 heterocycles. The second-order valence-electron chi connectivity index (χ2n) is 1.36. The molecule has 0 spiro atoms. The zero-order valence-electron chi connectivity index (χ0n) is 3.76. The van der Waals surface area contributed by atoms with Gasteiger partial charge in [0.25, 0.3) is 0 Å². The van der Waals surface area contributed by atoms with Crippen LogP contribution >= 0.6 is 0 Å². The maximum atomic E-state index is 8.17. The summed E-state index contributed by atoms with van der Waals surface area (Å²) in [5.41, 5.74) is 2.61. The molecular weight excluding hydrogens is 90.1 g/mol. The largest absolute Gasteiger partial charge is 0.293 e. The van der Waals surface area contributed by atoms with E-state index in [-0.39, 0.29) is 6.04 Å². The second kappa shape index (κ2) is 1.61. The average Bonchev–Trinajstić information content (AvgIpc) is 2.14. The Morgan fingerprint density at radius 3 is 3.14 bits per heavy atom. The van der Waals surface area contributed by atoms with Crippen LogP contribution in [0, 0.1) is 11.3 Å². The molecule has 0 aromatic heterocycles. The average molecular weight is 95.1 g/mol. The van der Waals surface area contributed by atoms with Gasteiger partial charge in [-0.05, 0) is 0 Å². The van der Waals surface area contributed by atoms with E-state index in [4.69, 9.17) is 5.26 Å². The first-order chi connectivity index (χ1) is 3.43. The second-order valence-corrected chi connectivity index (χ2v) is 1.36. The molecule has 0 fully saturated rings. The van der Waals surface area contributed by atoms with Crippen LogP contribution in [0.2, 0.25) is 0 Å². The van der Waals surface area contributed by atoms with Gasteiger partial charge >= 0.3 is 0 Å². The maximum absolute atomic E-state index is 8.17. The summed E-state index contributed by atoms with van der Waals surface area (Å²) < 4.78 is 0. The highest BCUT2D eigenvalue weighted by Gasteiger charge is 2.05. The SMILES string of the molecule is N#CC1CC=NN1. The van der Waals surface area contributed by atoms with Crippen molar-refractivity contribution in [3.8, 4) is 6.07 Å². The lowest BCUT2D eigenvalue weighted by Crippen LogP contribution is -2.15. The molecule has 1 atom stereocenters. The van der Waals surface area contributed by atoms with Gasteiger partial charge in [0.2, 0.25) is 0 Å². The molecule has 0 bridgehead atoms. The van der Waals surface area contributed by atoms with Crippen molar-refractivity contribution < 1.29 is 0 Å². The van der Waals surface area contributed by atoms with E-state index >= 15 is 0 Å². The van der Waals surface area contributed by atoms with Crippen molar-refractivity contribution in [1.82, 2.24) is 5.43 Å². The van der Waals surface area contributed by atoms with Crippen molar-refractivity contribution >= 4 is 6.21 Å². The predicted octanol–water partition coefficient (Wildman–Crippen LogP) is -0.142. The minimum Gasteiger partial charge on any atom is -0.293 e. The van der Waals surface area contributed by atoms with Gasteiger partial charge in [0.1, 0.15) is 6.04 Å². The third kappa shape index (κ3) is 0.686. The zero-order valence-corrected chi connectivity index (χ0v) is 3.76. The molecule has 1 aliphatic heterocycles. The smallest absolute Gasteiger partial charge is 0.135 e. The van der Waals surface area contributed by atoms with Gasteiger partial charge in [-0.2, -0.15) is 10.4 Å². The van der Waals surface area contributed by atoms with Crippen molar-refractivity contribution in [2.75, 3.05) is 0 Å². The summed E-state index contributed by atoms with van der Waals surface area (Å²) >= 11 is 0. The number of nitriles is 1. The number of hydrogen-bond donors (Lipinski definition) is 1. The van der Waals surface area contributed by atoms with E-state index in [9.17, 15) is 0 Å². The fourth-order valence-electron chi connectivity index (χ4n) is 0.435. The monoisotopic (exact) mass is 95.0 g/mol. The van der Waals surface area contributed by atoms with Crippen LogP contribution in [-0.4, -0.2) is 12.3 Å². The molecule has 1 aliphatic rings. The molecule has 0 aromatic carbocycles. The van der Waals surface area contributed by atoms with Gasteiger partial charge in [0.05, 0.1) is 6.07 Å². The van der Waals surface area contributed by atoms with Crippen LogP contribution in [0.5, 0.6) is 0 Å². The van der Waals surface area contributed by atoms with Gasteiger partial charge in [-0.1, -0.05) is 0 Å². The van der Waals surface area contributed by atoms with Crippen LogP contribution in [0.25, 0.3) is 0 Å². The van der Waals surface area contributed by atoms with E-state index < -0.39 is 0 Å². The van der Waals surface area contributed by atoms with Crippen LogP contribution in [0.3, 0.4) is 0 Å². The molecule has 1 rings (SSSR count). The molecule has 0 radical (unpaired) electrons. The van der Waals surface area contributed by atoms with Crippen molar-refractivity contribution in [3.63, 3.8) is 0 Å². The van der Waals surface area contributed by atoms with E-state index in [0.717, 1.165) is 6.42 Å². The first-order valence-corrected chi connectivity index (χ1v) is 2.10. The Morgan fingerprint density at radius 2 is 2.86 bits per heavy atom. The minimum atomic E-state index is -0.0694. The number of nitrogens with one attached hydrogen (secondary N) is 1. The molecule has 3 heteroatoms. The minimum absolute atomic E-state index is 0.0694. The molecular formula is C4H5N3. The lowest BCUT2D eigenvalue weighted by molar-refractivity contribution is 0.703. The number of hydrogen-bond acceptors (Lipinski definition) is 3. The molecule has 3 nitrogen and oxygen atoms in total. The Kier molecular flexibility index (Phi) is 0.947. The summed E-state index contributed by atoms with van der Waals surface area (Å²) in [6, 6.07) is 1.96. The predicted molar refractivity (Wildman–Crippen MR) is 25.6 cm³/mol. The number of nitrogens with zero attached hydrogens (tertiary/aromatic N) is 2. The summed E-state index contributed by atoms with van der Waals surface area (Å²) in [5, 5.41) is 11.8. The summed E-state index contributed by atoms with van der Waals surface area (Å²) in [6.45, 7) is 0. The van der Waals surface area contributed by atoms with Gasteiger partial charge < -0.3 is 0 Å². The molecule has 7 heavy (non-hydrogen) atoms. The first-order valence-electron chi connectivity index (χ1n) is 2.10. The molecule has 0 saturated carbocycles. The van der Waals surface area contributed by atoms with Crippen molar-refractivity contribution in [2.45, 2.75) is 12.5 Å². The molecule has 0 aromatic rings. The van der Waals surface area contributed by atoms with Crippen LogP contribution < -0.4 is 5.43 Å². The highest BCUT2D eigenvalue weighted by atomic mass is 15.3. The summed E-state index contributed by atoms with van der Waals surface area (Å²) in [5.74, 6) is 0. The van der Waals surface area contributed by atoms with Crippen molar-refractivity contribution in [3.05, 3.63) is 0 Å². The summed E-state index contributed by atoms with van der Waals surface area (Å²) in [6.07, 6.45) is 2.45. The lowest BCUT2D eigenvalue weighted by atomic mass is 10.3. The Bertz CT molecular complexity index is 113. The fraction of sp³-hybridized carbons (Fsp3) is 0.500. The number of rotatable bonds is 0. The van der Waals surface area contributed by atoms with E-state index in [1.807, 2.05) is 6.07 Å². The van der Waals surface area contributed by atoms with Crippen LogP contribution in [0.4, 0.5) is 0 Å². The Morgan fingerprint density at radius 1 is 2.00 bits per heavy atom. The summed E-state index contributed by atoms with van der Waals surface area (Å²) in [7, 11) is 0. The molecule has 1 N–H and O–H groups in total. The lowest BCUT2D eigenvalue weighted by Gasteiger charge is -1.91. The normalized spacial score (nSPS) is 26.4. The van der Waals surface area contributed by atoms with Gasteiger partial charge in [-0.3, -0.25) is 5.43 Å². The number of hydrazone groups is 1. The highest BCUT2D eigenvalue weighted by Crippen LogP contribution is 1.91. The standard InChI is InChI=1S/C4H5N3/c5-3-4-1-2-6-7-4/h2,4,7H,1H2. The zero-order chi connectivity index (χ0) is 5.11. The highest BCUT2D eigenvalue weighted by molar-refractivity contribution is 5.60. The van der Waals surface area contributed by atoms with E-state index in [2.05, 4.69) is 10.5 Å². The Labute approximate surface area is 41.6 Å². The van der Waals surface area contributed by atoms with E-state index in [1.165, 1.54) is 0 Å². The van der Waals surface area contributed by atoms with Crippen LogP contribution in [0.1, 0.15) is 6.42 Å². The van der Waals surface area contributed by atoms with Crippen LogP contribution in [-0.2, 0) is 0 Å². The Hall–Kier alpha value is -1.04. The van der Waals surface area contributed by atoms with Crippen molar-refractivity contribution in [2.24, 2.45) is 5.10 Å². The molecule has 1 unspecified atom stereocenters.